The van der Waals surface area contributed by atoms with Crippen LogP contribution in [-0.4, -0.2) is 30.7 Å². The number of rotatable bonds is 6. The second-order valence-corrected chi connectivity index (χ2v) is 5.92. The second-order valence-electron chi connectivity index (χ2n) is 5.92. The van der Waals surface area contributed by atoms with E-state index in [4.69, 9.17) is 4.74 Å². The van der Waals surface area contributed by atoms with Crippen LogP contribution in [0, 0.1) is 0 Å². The Labute approximate surface area is 149 Å². The molecular weight excluding hydrogens is 338 g/mol. The summed E-state index contributed by atoms with van der Waals surface area (Å²) in [6.07, 6.45) is -1.92. The first-order valence-electron chi connectivity index (χ1n) is 7.99. The van der Waals surface area contributed by atoms with Crippen LogP contribution in [-0.2, 0) is 14.3 Å². The highest BCUT2D eigenvalue weighted by Gasteiger charge is 2.29. The van der Waals surface area contributed by atoms with Crippen molar-refractivity contribution >= 4 is 18.0 Å². The van der Waals surface area contributed by atoms with Crippen molar-refractivity contribution in [3.8, 4) is 11.1 Å². The molecule has 0 bridgehead atoms. The summed E-state index contributed by atoms with van der Waals surface area (Å²) in [6.45, 7) is -0.00898. The van der Waals surface area contributed by atoms with Gasteiger partial charge in [0.1, 0.15) is 6.61 Å². The molecule has 3 rings (SSSR count). The monoisotopic (exact) mass is 353 g/mol. The van der Waals surface area contributed by atoms with Crippen molar-refractivity contribution in [3.05, 3.63) is 59.7 Å². The third-order valence-corrected chi connectivity index (χ3v) is 4.29. The summed E-state index contributed by atoms with van der Waals surface area (Å²) in [4.78, 5) is 33.3. The minimum Gasteiger partial charge on any atom is -0.550 e. The van der Waals surface area contributed by atoms with Gasteiger partial charge in [0, 0.05) is 18.3 Å². The molecule has 1 aliphatic rings. The zero-order valence-corrected chi connectivity index (χ0v) is 13.6. The van der Waals surface area contributed by atoms with E-state index in [1.54, 1.807) is 0 Å². The summed E-state index contributed by atoms with van der Waals surface area (Å²) in [6, 6.07) is 13.8. The van der Waals surface area contributed by atoms with E-state index >= 15 is 0 Å². The van der Waals surface area contributed by atoms with Gasteiger partial charge < -0.3 is 29.9 Å². The molecular formula is C19H15NO6-2. The van der Waals surface area contributed by atoms with Gasteiger partial charge in [-0.3, -0.25) is 0 Å². The van der Waals surface area contributed by atoms with Crippen LogP contribution in [0.5, 0.6) is 0 Å². The highest BCUT2D eigenvalue weighted by Crippen LogP contribution is 2.44. The maximum Gasteiger partial charge on any atom is 0.407 e. The molecule has 134 valence electrons. The lowest BCUT2D eigenvalue weighted by molar-refractivity contribution is -0.317. The van der Waals surface area contributed by atoms with Crippen molar-refractivity contribution < 1.29 is 29.3 Å². The first-order chi connectivity index (χ1) is 12.5. The molecule has 2 aromatic rings. The fraction of sp³-hybridized carbons (Fsp3) is 0.211. The van der Waals surface area contributed by atoms with Crippen molar-refractivity contribution in [2.45, 2.75) is 18.4 Å². The minimum absolute atomic E-state index is 0.00898. The molecule has 26 heavy (non-hydrogen) atoms. The molecule has 1 atom stereocenters. The van der Waals surface area contributed by atoms with E-state index in [2.05, 4.69) is 0 Å². The number of aliphatic carboxylic acids is 2. The smallest absolute Gasteiger partial charge is 0.407 e. The van der Waals surface area contributed by atoms with Gasteiger partial charge in [0.25, 0.3) is 0 Å². The quantitative estimate of drug-likeness (QED) is 0.767. The molecule has 7 nitrogen and oxygen atoms in total. The summed E-state index contributed by atoms with van der Waals surface area (Å²) in [7, 11) is 0. The molecule has 1 N–H and O–H groups in total. The third-order valence-electron chi connectivity index (χ3n) is 4.29. The Bertz CT molecular complexity index is 817. The van der Waals surface area contributed by atoms with Crippen LogP contribution < -0.4 is 15.5 Å². The molecule has 0 unspecified atom stereocenters. The van der Waals surface area contributed by atoms with Gasteiger partial charge in [-0.15, -0.1) is 0 Å². The number of hydrogen-bond acceptors (Lipinski definition) is 6. The van der Waals surface area contributed by atoms with Crippen LogP contribution >= 0.6 is 0 Å². The van der Waals surface area contributed by atoms with E-state index in [9.17, 15) is 24.6 Å². The molecule has 0 spiro atoms. The van der Waals surface area contributed by atoms with Gasteiger partial charge in [-0.25, -0.2) is 4.79 Å². The first kappa shape index (κ1) is 17.5. The predicted molar refractivity (Wildman–Crippen MR) is 86.6 cm³/mol. The standard InChI is InChI=1S/C19H17NO6/c21-17(22)9-16(18(23)24)20-19(25)26-10-15-13-7-3-1-5-11(13)12-6-2-4-8-14(12)15/h1-8,15-16H,9-10H2,(H,20,25)(H,21,22)(H,23,24)/p-2/t16-/m0/s1. The molecule has 2 aromatic carbocycles. The topological polar surface area (TPSA) is 119 Å². The molecule has 0 fully saturated rings. The number of carboxylic acids is 2. The number of carbonyl (C=O) groups is 3. The summed E-state index contributed by atoms with van der Waals surface area (Å²) in [5, 5.41) is 23.4. The minimum atomic E-state index is -1.72. The van der Waals surface area contributed by atoms with Crippen LogP contribution in [0.2, 0.25) is 0 Å². The summed E-state index contributed by atoms with van der Waals surface area (Å²) in [5.74, 6) is -3.52. The molecule has 0 heterocycles. The van der Waals surface area contributed by atoms with E-state index < -0.39 is 30.5 Å². The first-order valence-corrected chi connectivity index (χ1v) is 7.99. The zero-order valence-electron chi connectivity index (χ0n) is 13.6. The van der Waals surface area contributed by atoms with Crippen molar-refractivity contribution in [1.82, 2.24) is 5.32 Å². The number of carbonyl (C=O) groups excluding carboxylic acids is 3. The molecule has 0 aromatic heterocycles. The number of carboxylic acid groups (broad SMARTS) is 2. The second kappa shape index (κ2) is 7.26. The highest BCUT2D eigenvalue weighted by molar-refractivity contribution is 5.83. The number of nitrogens with one attached hydrogen (secondary N) is 1. The Kier molecular flexibility index (Phi) is 4.88. The molecule has 7 heteroatoms. The van der Waals surface area contributed by atoms with E-state index in [0.29, 0.717) is 0 Å². The van der Waals surface area contributed by atoms with Crippen LogP contribution in [0.4, 0.5) is 4.79 Å². The number of benzene rings is 2. The van der Waals surface area contributed by atoms with Crippen molar-refractivity contribution in [3.63, 3.8) is 0 Å². The number of amides is 1. The lowest BCUT2D eigenvalue weighted by Gasteiger charge is -2.21. The van der Waals surface area contributed by atoms with Gasteiger partial charge in [-0.2, -0.15) is 0 Å². The van der Waals surface area contributed by atoms with Gasteiger partial charge in [-0.05, 0) is 22.3 Å². The van der Waals surface area contributed by atoms with Gasteiger partial charge in [0.15, 0.2) is 0 Å². The largest absolute Gasteiger partial charge is 0.550 e. The molecule has 0 saturated heterocycles. The Balaban J connectivity index is 1.71. The normalized spacial score (nSPS) is 13.4. The fourth-order valence-corrected chi connectivity index (χ4v) is 3.14. The van der Waals surface area contributed by atoms with E-state index in [-0.39, 0.29) is 12.5 Å². The fourth-order valence-electron chi connectivity index (χ4n) is 3.14. The van der Waals surface area contributed by atoms with Crippen molar-refractivity contribution in [1.29, 1.82) is 0 Å². The number of fused-ring (bicyclic) bond motifs is 3. The summed E-state index contributed by atoms with van der Waals surface area (Å²) in [5.41, 5.74) is 4.13. The molecule has 0 saturated carbocycles. The lowest BCUT2D eigenvalue weighted by atomic mass is 9.98. The Morgan fingerprint density at radius 3 is 2.00 bits per heavy atom. The molecule has 0 radical (unpaired) electrons. The van der Waals surface area contributed by atoms with E-state index in [1.807, 2.05) is 53.8 Å². The van der Waals surface area contributed by atoms with Crippen LogP contribution in [0.1, 0.15) is 23.5 Å². The van der Waals surface area contributed by atoms with Gasteiger partial charge in [-0.1, -0.05) is 48.5 Å². The van der Waals surface area contributed by atoms with Gasteiger partial charge in [0.05, 0.1) is 12.0 Å². The SMILES string of the molecule is O=C([O-])C[C@H](NC(=O)OCC1c2ccccc2-c2ccccc21)C(=O)[O-]. The maximum atomic E-state index is 11.9. The number of alkyl carbamates (subject to hydrolysis) is 1. The lowest BCUT2D eigenvalue weighted by Crippen LogP contribution is -2.50. The van der Waals surface area contributed by atoms with Crippen LogP contribution in [0.25, 0.3) is 11.1 Å². The zero-order chi connectivity index (χ0) is 18.7. The van der Waals surface area contributed by atoms with Crippen LogP contribution in [0.3, 0.4) is 0 Å². The Morgan fingerprint density at radius 1 is 0.962 bits per heavy atom. The molecule has 0 aliphatic heterocycles. The highest BCUT2D eigenvalue weighted by atomic mass is 16.5. The molecule has 1 amide bonds. The van der Waals surface area contributed by atoms with Crippen LogP contribution in [0.15, 0.2) is 48.5 Å². The number of hydrogen-bond donors (Lipinski definition) is 1. The Morgan fingerprint density at radius 2 is 1.50 bits per heavy atom. The third kappa shape index (κ3) is 3.51. The average Bonchev–Trinajstić information content (AvgIpc) is 2.93. The van der Waals surface area contributed by atoms with Crippen molar-refractivity contribution in [2.75, 3.05) is 6.61 Å². The van der Waals surface area contributed by atoms with Gasteiger partial charge >= 0.3 is 6.09 Å². The van der Waals surface area contributed by atoms with Gasteiger partial charge in [0.2, 0.25) is 0 Å². The average molecular weight is 353 g/mol. The molecule has 1 aliphatic carbocycles. The number of ether oxygens (including phenoxy) is 1. The van der Waals surface area contributed by atoms with E-state index in [0.717, 1.165) is 22.3 Å². The van der Waals surface area contributed by atoms with E-state index in [1.165, 1.54) is 0 Å². The van der Waals surface area contributed by atoms with Crippen molar-refractivity contribution in [2.24, 2.45) is 0 Å². The maximum absolute atomic E-state index is 11.9. The summed E-state index contributed by atoms with van der Waals surface area (Å²) < 4.78 is 5.15. The summed E-state index contributed by atoms with van der Waals surface area (Å²) >= 11 is 0. The predicted octanol–water partition coefficient (Wildman–Crippen LogP) is -0.216. The Hall–Kier alpha value is -3.35.